The monoisotopic (exact) mass is 351 g/mol. The molecular formula is C20H15F2N3O. The summed E-state index contributed by atoms with van der Waals surface area (Å²) < 4.78 is 29.1. The van der Waals surface area contributed by atoms with E-state index in [4.69, 9.17) is 6.42 Å². The highest BCUT2D eigenvalue weighted by Crippen LogP contribution is 2.38. The fraction of sp³-hybridized carbons (Fsp3) is 0.100. The average Bonchev–Trinajstić information content (AvgIpc) is 3.13. The maximum Gasteiger partial charge on any atom is 0.137 e. The zero-order chi connectivity index (χ0) is 18.7. The highest BCUT2D eigenvalue weighted by molar-refractivity contribution is 5.72. The van der Waals surface area contributed by atoms with Crippen molar-refractivity contribution in [3.8, 4) is 12.3 Å². The molecule has 0 radical (unpaired) electrons. The lowest BCUT2D eigenvalue weighted by atomic mass is 9.82. The van der Waals surface area contributed by atoms with Gasteiger partial charge in [-0.05, 0) is 35.4 Å². The van der Waals surface area contributed by atoms with Gasteiger partial charge in [0.05, 0.1) is 6.54 Å². The first-order valence-electron chi connectivity index (χ1n) is 7.71. The van der Waals surface area contributed by atoms with Crippen LogP contribution in [0.2, 0.25) is 0 Å². The van der Waals surface area contributed by atoms with Gasteiger partial charge in [-0.1, -0.05) is 24.6 Å². The van der Waals surface area contributed by atoms with Crippen LogP contribution in [-0.4, -0.2) is 19.9 Å². The summed E-state index contributed by atoms with van der Waals surface area (Å²) in [5, 5.41) is 15.3. The van der Waals surface area contributed by atoms with Crippen molar-refractivity contribution in [3.05, 3.63) is 90.0 Å². The van der Waals surface area contributed by atoms with Crippen LogP contribution < -0.4 is 0 Å². The Morgan fingerprint density at radius 3 is 2.54 bits per heavy atom. The molecule has 0 spiro atoms. The molecule has 6 heteroatoms. The third-order valence-electron chi connectivity index (χ3n) is 4.13. The molecule has 4 nitrogen and oxygen atoms in total. The second kappa shape index (κ2) is 6.90. The zero-order valence-electron chi connectivity index (χ0n) is 13.7. The number of aliphatic hydroxyl groups is 1. The van der Waals surface area contributed by atoms with Gasteiger partial charge < -0.3 is 5.11 Å². The molecule has 130 valence electrons. The third kappa shape index (κ3) is 3.25. The Kier molecular flexibility index (Phi) is 4.65. The first-order valence-corrected chi connectivity index (χ1v) is 7.71. The van der Waals surface area contributed by atoms with Crippen LogP contribution in [0.4, 0.5) is 8.78 Å². The van der Waals surface area contributed by atoms with Crippen molar-refractivity contribution in [2.45, 2.75) is 12.1 Å². The quantitative estimate of drug-likeness (QED) is 0.719. The van der Waals surface area contributed by atoms with Crippen LogP contribution in [0.3, 0.4) is 0 Å². The van der Waals surface area contributed by atoms with E-state index in [0.29, 0.717) is 11.1 Å². The second-order valence-corrected chi connectivity index (χ2v) is 5.78. The first kappa shape index (κ1) is 17.5. The van der Waals surface area contributed by atoms with Crippen LogP contribution in [0.1, 0.15) is 16.7 Å². The minimum absolute atomic E-state index is 0.111. The van der Waals surface area contributed by atoms with Crippen LogP contribution in [0, 0.1) is 24.0 Å². The minimum Gasteiger partial charge on any atom is -0.378 e. The molecule has 26 heavy (non-hydrogen) atoms. The Bertz CT molecular complexity index is 975. The van der Waals surface area contributed by atoms with Crippen LogP contribution in [0.25, 0.3) is 5.57 Å². The maximum absolute atomic E-state index is 14.5. The van der Waals surface area contributed by atoms with Crippen LogP contribution in [0.5, 0.6) is 0 Å². The van der Waals surface area contributed by atoms with E-state index < -0.39 is 17.2 Å². The highest BCUT2D eigenvalue weighted by Gasteiger charge is 2.37. The van der Waals surface area contributed by atoms with Gasteiger partial charge in [0.25, 0.3) is 0 Å². The van der Waals surface area contributed by atoms with E-state index in [1.807, 2.05) is 0 Å². The summed E-state index contributed by atoms with van der Waals surface area (Å²) in [4.78, 5) is 3.83. The molecule has 0 aliphatic carbocycles. The number of hydrogen-bond acceptors (Lipinski definition) is 3. The molecule has 0 aliphatic heterocycles. The summed E-state index contributed by atoms with van der Waals surface area (Å²) in [6, 6.07) is 9.75. The second-order valence-electron chi connectivity index (χ2n) is 5.78. The lowest BCUT2D eigenvalue weighted by Crippen LogP contribution is -2.34. The predicted molar refractivity (Wildman–Crippen MR) is 93.7 cm³/mol. The normalized spacial score (nSPS) is 13.0. The molecule has 1 heterocycles. The van der Waals surface area contributed by atoms with Crippen molar-refractivity contribution >= 4 is 5.57 Å². The van der Waals surface area contributed by atoms with Gasteiger partial charge in [-0.15, -0.1) is 6.42 Å². The van der Waals surface area contributed by atoms with Crippen LogP contribution >= 0.6 is 0 Å². The molecular weight excluding hydrogens is 336 g/mol. The van der Waals surface area contributed by atoms with Gasteiger partial charge in [-0.3, -0.25) is 0 Å². The number of halogens is 2. The van der Waals surface area contributed by atoms with Crippen molar-refractivity contribution in [1.82, 2.24) is 14.8 Å². The molecule has 3 aromatic rings. The largest absolute Gasteiger partial charge is 0.378 e. The lowest BCUT2D eigenvalue weighted by Gasteiger charge is -2.31. The van der Waals surface area contributed by atoms with E-state index in [2.05, 4.69) is 22.6 Å². The average molecular weight is 351 g/mol. The van der Waals surface area contributed by atoms with E-state index in [1.165, 1.54) is 23.4 Å². The van der Waals surface area contributed by atoms with Gasteiger partial charge in [0.15, 0.2) is 0 Å². The van der Waals surface area contributed by atoms with E-state index in [-0.39, 0.29) is 17.7 Å². The van der Waals surface area contributed by atoms with Gasteiger partial charge in [0, 0.05) is 17.2 Å². The van der Waals surface area contributed by atoms with Gasteiger partial charge in [-0.2, -0.15) is 5.10 Å². The molecule has 1 atom stereocenters. The van der Waals surface area contributed by atoms with E-state index in [9.17, 15) is 13.9 Å². The van der Waals surface area contributed by atoms with Crippen molar-refractivity contribution in [2.75, 3.05) is 0 Å². The summed E-state index contributed by atoms with van der Waals surface area (Å²) >= 11 is 0. The molecule has 2 aromatic carbocycles. The summed E-state index contributed by atoms with van der Waals surface area (Å²) in [5.41, 5.74) is -0.532. The summed E-state index contributed by atoms with van der Waals surface area (Å²) in [6.07, 6.45) is 8.04. The number of benzene rings is 2. The first-order chi connectivity index (χ1) is 12.4. The topological polar surface area (TPSA) is 50.9 Å². The zero-order valence-corrected chi connectivity index (χ0v) is 13.7. The summed E-state index contributed by atoms with van der Waals surface area (Å²) in [7, 11) is 0. The Labute approximate surface area is 149 Å². The number of nitrogens with zero attached hydrogens (tertiary/aromatic N) is 3. The molecule has 3 rings (SSSR count). The molecule has 0 aliphatic rings. The molecule has 1 N–H and O–H groups in total. The van der Waals surface area contributed by atoms with Gasteiger partial charge >= 0.3 is 0 Å². The Balaban J connectivity index is 2.10. The fourth-order valence-corrected chi connectivity index (χ4v) is 2.72. The fourth-order valence-electron chi connectivity index (χ4n) is 2.72. The van der Waals surface area contributed by atoms with E-state index in [0.717, 1.165) is 12.1 Å². The summed E-state index contributed by atoms with van der Waals surface area (Å²) in [6.45, 7) is 3.80. The Morgan fingerprint density at radius 1 is 1.23 bits per heavy atom. The molecule has 1 aromatic heterocycles. The van der Waals surface area contributed by atoms with E-state index in [1.54, 1.807) is 24.3 Å². The molecule has 1 unspecified atom stereocenters. The Hall–Kier alpha value is -3.30. The SMILES string of the molecule is C#Cc1ccc(C(=C)C(O)(Cn2cncn2)c2ccc(F)cc2F)cc1. The van der Waals surface area contributed by atoms with E-state index >= 15 is 0 Å². The summed E-state index contributed by atoms with van der Waals surface area (Å²) in [5.74, 6) is 0.881. The van der Waals surface area contributed by atoms with Crippen LogP contribution in [0.15, 0.2) is 61.7 Å². The predicted octanol–water partition coefficient (Wildman–Crippen LogP) is 3.14. The number of rotatable bonds is 5. The smallest absolute Gasteiger partial charge is 0.137 e. The molecule has 0 saturated heterocycles. The maximum atomic E-state index is 14.5. The molecule has 0 saturated carbocycles. The standard InChI is InChI=1S/C20H15F2N3O/c1-3-15-4-6-16(7-5-15)14(2)20(26,11-25-13-23-12-24-25)18-9-8-17(21)10-19(18)22/h1,4-10,12-13,26H,2,11H2. The van der Waals surface area contributed by atoms with Crippen molar-refractivity contribution < 1.29 is 13.9 Å². The van der Waals surface area contributed by atoms with Crippen molar-refractivity contribution in [1.29, 1.82) is 0 Å². The number of terminal acetylenes is 1. The van der Waals surface area contributed by atoms with Crippen molar-refractivity contribution in [2.24, 2.45) is 0 Å². The number of hydrogen-bond donors (Lipinski definition) is 1. The number of aromatic nitrogens is 3. The van der Waals surface area contributed by atoms with Crippen molar-refractivity contribution in [3.63, 3.8) is 0 Å². The molecule has 0 fully saturated rings. The van der Waals surface area contributed by atoms with Gasteiger partial charge in [0.2, 0.25) is 0 Å². The van der Waals surface area contributed by atoms with Crippen LogP contribution in [-0.2, 0) is 12.1 Å². The lowest BCUT2D eigenvalue weighted by molar-refractivity contribution is 0.0726. The Morgan fingerprint density at radius 2 is 1.96 bits per heavy atom. The van der Waals surface area contributed by atoms with Gasteiger partial charge in [-0.25, -0.2) is 18.4 Å². The third-order valence-corrected chi connectivity index (χ3v) is 4.13. The molecule has 0 amide bonds. The van der Waals surface area contributed by atoms with Gasteiger partial charge in [0.1, 0.15) is 29.9 Å². The molecule has 0 bridgehead atoms. The highest BCUT2D eigenvalue weighted by atomic mass is 19.1. The minimum atomic E-state index is -1.87.